The van der Waals surface area contributed by atoms with E-state index in [1.165, 1.54) is 26.3 Å². The lowest BCUT2D eigenvalue weighted by Gasteiger charge is -2.22. The maximum absolute atomic E-state index is 14.4. The second-order valence-electron chi connectivity index (χ2n) is 7.15. The molecular weight excluding hydrogens is 409 g/mol. The van der Waals surface area contributed by atoms with Gasteiger partial charge in [-0.3, -0.25) is 9.59 Å². The number of aromatic nitrogens is 1. The lowest BCUT2D eigenvalue weighted by Crippen LogP contribution is -2.22. The minimum absolute atomic E-state index is 0.0159. The van der Waals surface area contributed by atoms with Gasteiger partial charge in [-0.1, -0.05) is 30.7 Å². The molecule has 1 heterocycles. The van der Waals surface area contributed by atoms with Crippen LogP contribution in [0.25, 0.3) is 10.9 Å². The predicted octanol–water partition coefficient (Wildman–Crippen LogP) is 4.54. The first-order chi connectivity index (χ1) is 14.3. The van der Waals surface area contributed by atoms with Crippen molar-refractivity contribution in [2.24, 2.45) is 0 Å². The maximum atomic E-state index is 14.4. The molecule has 1 aromatic heterocycles. The van der Waals surface area contributed by atoms with Crippen LogP contribution in [0.3, 0.4) is 0 Å². The molecule has 0 amide bonds. The highest BCUT2D eigenvalue weighted by Crippen LogP contribution is 2.30. The first-order valence-corrected chi connectivity index (χ1v) is 10.0. The van der Waals surface area contributed by atoms with Crippen molar-refractivity contribution >= 4 is 28.3 Å². The van der Waals surface area contributed by atoms with Gasteiger partial charge in [0.1, 0.15) is 11.6 Å². The van der Waals surface area contributed by atoms with E-state index < -0.39 is 11.2 Å². The number of carbonyl (C=O) groups excluding carboxylic acids is 1. The molecule has 7 heteroatoms. The van der Waals surface area contributed by atoms with Crippen LogP contribution in [-0.2, 0) is 6.42 Å². The molecule has 0 radical (unpaired) electrons. The quantitative estimate of drug-likeness (QED) is 0.558. The molecule has 0 saturated carbocycles. The summed E-state index contributed by atoms with van der Waals surface area (Å²) >= 11 is 5.90. The molecule has 0 unspecified atom stereocenters. The van der Waals surface area contributed by atoms with Crippen molar-refractivity contribution in [2.75, 3.05) is 13.7 Å². The van der Waals surface area contributed by atoms with Crippen LogP contribution in [0.4, 0.5) is 4.39 Å². The zero-order chi connectivity index (χ0) is 22.0. The Labute approximate surface area is 178 Å². The summed E-state index contributed by atoms with van der Waals surface area (Å²) < 4.78 is 21.7. The maximum Gasteiger partial charge on any atom is 0.200 e. The molecule has 0 aliphatic heterocycles. The Morgan fingerprint density at radius 2 is 2.03 bits per heavy atom. The van der Waals surface area contributed by atoms with Crippen LogP contribution in [0, 0.1) is 5.82 Å². The Balaban J connectivity index is 2.31. The van der Waals surface area contributed by atoms with Gasteiger partial charge in [-0.25, -0.2) is 4.39 Å². The standard InChI is InChI=1S/C23H23ClFNO4/c1-4-16(12-27)26-11-18(13(2)28)23(29)17-9-15(21(30-3)10-20(17)26)8-14-6-5-7-19(24)22(14)25/h5-7,9-11,16,27H,4,8,12H2,1-3H3/t16-/m0/s1. The second-order valence-corrected chi connectivity index (χ2v) is 7.56. The molecular formula is C23H23ClFNO4. The number of hydrogen-bond acceptors (Lipinski definition) is 4. The number of fused-ring (bicyclic) bond motifs is 1. The highest BCUT2D eigenvalue weighted by atomic mass is 35.5. The van der Waals surface area contributed by atoms with Crippen LogP contribution in [0.1, 0.15) is 47.8 Å². The number of ether oxygens (including phenoxy) is 1. The van der Waals surface area contributed by atoms with Gasteiger partial charge in [-0.05, 0) is 36.6 Å². The first-order valence-electron chi connectivity index (χ1n) is 9.62. The second kappa shape index (κ2) is 8.98. The number of nitrogens with zero attached hydrogens (tertiary/aromatic N) is 1. The summed E-state index contributed by atoms with van der Waals surface area (Å²) in [7, 11) is 1.49. The van der Waals surface area contributed by atoms with Crippen LogP contribution in [0.5, 0.6) is 5.75 Å². The van der Waals surface area contributed by atoms with Gasteiger partial charge in [0.2, 0.25) is 0 Å². The highest BCUT2D eigenvalue weighted by molar-refractivity contribution is 6.30. The van der Waals surface area contributed by atoms with Crippen molar-refractivity contribution in [1.29, 1.82) is 0 Å². The summed E-state index contributed by atoms with van der Waals surface area (Å²) in [4.78, 5) is 25.1. The van der Waals surface area contributed by atoms with E-state index in [0.717, 1.165) is 0 Å². The van der Waals surface area contributed by atoms with Crippen molar-refractivity contribution in [3.8, 4) is 5.75 Å². The van der Waals surface area contributed by atoms with Crippen molar-refractivity contribution in [1.82, 2.24) is 4.57 Å². The molecule has 0 aliphatic rings. The monoisotopic (exact) mass is 431 g/mol. The molecule has 1 atom stereocenters. The molecule has 0 aliphatic carbocycles. The number of aliphatic hydroxyl groups is 1. The summed E-state index contributed by atoms with van der Waals surface area (Å²) in [5.74, 6) is -0.414. The fourth-order valence-electron chi connectivity index (χ4n) is 3.61. The Kier molecular flexibility index (Phi) is 6.58. The van der Waals surface area contributed by atoms with Gasteiger partial charge in [-0.2, -0.15) is 0 Å². The lowest BCUT2D eigenvalue weighted by molar-refractivity contribution is 0.101. The van der Waals surface area contributed by atoms with Crippen LogP contribution in [0.2, 0.25) is 5.02 Å². The topological polar surface area (TPSA) is 68.5 Å². The SMILES string of the molecule is CC[C@@H](CO)n1cc(C(C)=O)c(=O)c2cc(Cc3cccc(Cl)c3F)c(OC)cc21. The van der Waals surface area contributed by atoms with Crippen molar-refractivity contribution < 1.29 is 19.0 Å². The van der Waals surface area contributed by atoms with Crippen LogP contribution < -0.4 is 10.2 Å². The molecule has 0 fully saturated rings. The van der Waals surface area contributed by atoms with Gasteiger partial charge in [-0.15, -0.1) is 0 Å². The molecule has 3 aromatic rings. The predicted molar refractivity (Wildman–Crippen MR) is 115 cm³/mol. The number of pyridine rings is 1. The number of hydrogen-bond donors (Lipinski definition) is 1. The number of aliphatic hydroxyl groups excluding tert-OH is 1. The average Bonchev–Trinajstić information content (AvgIpc) is 2.73. The molecule has 1 N–H and O–H groups in total. The molecule has 0 bridgehead atoms. The minimum Gasteiger partial charge on any atom is -0.496 e. The number of benzene rings is 2. The Bertz CT molecular complexity index is 1170. The van der Waals surface area contributed by atoms with E-state index in [2.05, 4.69) is 0 Å². The third kappa shape index (κ3) is 3.98. The Morgan fingerprint density at radius 1 is 1.30 bits per heavy atom. The number of carbonyl (C=O) groups is 1. The Morgan fingerprint density at radius 3 is 2.63 bits per heavy atom. The minimum atomic E-state index is -0.525. The van der Waals surface area contributed by atoms with E-state index in [0.29, 0.717) is 34.2 Å². The third-order valence-electron chi connectivity index (χ3n) is 5.30. The normalized spacial score (nSPS) is 12.2. The van der Waals surface area contributed by atoms with E-state index in [4.69, 9.17) is 16.3 Å². The van der Waals surface area contributed by atoms with Crippen LogP contribution in [-0.4, -0.2) is 29.2 Å². The van der Waals surface area contributed by atoms with E-state index in [1.807, 2.05) is 6.92 Å². The third-order valence-corrected chi connectivity index (χ3v) is 5.59. The van der Waals surface area contributed by atoms with Gasteiger partial charge in [0.25, 0.3) is 0 Å². The summed E-state index contributed by atoms with van der Waals surface area (Å²) in [5.41, 5.74) is 1.13. The molecule has 158 valence electrons. The van der Waals surface area contributed by atoms with E-state index in [1.54, 1.807) is 28.8 Å². The lowest BCUT2D eigenvalue weighted by atomic mass is 9.99. The highest BCUT2D eigenvalue weighted by Gasteiger charge is 2.20. The van der Waals surface area contributed by atoms with Crippen molar-refractivity contribution in [3.05, 3.63) is 74.3 Å². The molecule has 30 heavy (non-hydrogen) atoms. The molecule has 2 aromatic carbocycles. The molecule has 3 rings (SSSR count). The summed E-state index contributed by atoms with van der Waals surface area (Å²) in [6, 6.07) is 7.75. The van der Waals surface area contributed by atoms with Crippen molar-refractivity contribution in [3.63, 3.8) is 0 Å². The van der Waals surface area contributed by atoms with Gasteiger partial charge >= 0.3 is 0 Å². The molecule has 5 nitrogen and oxygen atoms in total. The fourth-order valence-corrected chi connectivity index (χ4v) is 3.80. The summed E-state index contributed by atoms with van der Waals surface area (Å²) in [6.45, 7) is 3.09. The zero-order valence-corrected chi connectivity index (χ0v) is 17.8. The van der Waals surface area contributed by atoms with E-state index in [-0.39, 0.29) is 35.4 Å². The molecule has 0 spiro atoms. The van der Waals surface area contributed by atoms with Crippen LogP contribution >= 0.6 is 11.6 Å². The smallest absolute Gasteiger partial charge is 0.200 e. The van der Waals surface area contributed by atoms with E-state index in [9.17, 15) is 19.1 Å². The van der Waals surface area contributed by atoms with Gasteiger partial charge in [0.15, 0.2) is 11.2 Å². The van der Waals surface area contributed by atoms with Crippen LogP contribution in [0.15, 0.2) is 41.3 Å². The van der Waals surface area contributed by atoms with Crippen molar-refractivity contribution in [2.45, 2.75) is 32.7 Å². The largest absolute Gasteiger partial charge is 0.496 e. The van der Waals surface area contributed by atoms with Gasteiger partial charge in [0.05, 0.1) is 35.9 Å². The fraction of sp³-hybridized carbons (Fsp3) is 0.304. The summed E-state index contributed by atoms with van der Waals surface area (Å²) in [6.07, 6.45) is 2.25. The Hall–Kier alpha value is -2.70. The van der Waals surface area contributed by atoms with Gasteiger partial charge < -0.3 is 14.4 Å². The summed E-state index contributed by atoms with van der Waals surface area (Å²) in [5, 5.41) is 10.1. The average molecular weight is 432 g/mol. The number of rotatable bonds is 7. The van der Waals surface area contributed by atoms with E-state index >= 15 is 0 Å². The number of Topliss-reactive ketones (excluding diaryl/α,β-unsaturated/α-hetero) is 1. The first kappa shape index (κ1) is 22.0. The number of halogens is 2. The number of ketones is 1. The molecule has 0 saturated heterocycles. The zero-order valence-electron chi connectivity index (χ0n) is 17.0. The number of methoxy groups -OCH3 is 1. The van der Waals surface area contributed by atoms with Gasteiger partial charge in [0, 0.05) is 24.1 Å².